The monoisotopic (exact) mass is 752 g/mol. The van der Waals surface area contributed by atoms with Gasteiger partial charge in [-0.1, -0.05) is 170 Å². The molecule has 278 valence electrons. The molecule has 0 aromatic heterocycles. The van der Waals surface area contributed by atoms with E-state index in [2.05, 4.69) is 228 Å². The van der Waals surface area contributed by atoms with Gasteiger partial charge in [-0.3, -0.25) is 0 Å². The van der Waals surface area contributed by atoms with Crippen molar-refractivity contribution in [3.05, 3.63) is 247 Å². The van der Waals surface area contributed by atoms with Crippen molar-refractivity contribution in [2.45, 2.75) is 12.8 Å². The van der Waals surface area contributed by atoms with Crippen molar-refractivity contribution in [2.75, 3.05) is 9.80 Å². The molecule has 0 N–H and O–H groups in total. The highest BCUT2D eigenvalue weighted by molar-refractivity contribution is 6.23. The molecule has 0 saturated heterocycles. The lowest BCUT2D eigenvalue weighted by Gasteiger charge is -2.37. The number of para-hydroxylation sites is 3. The van der Waals surface area contributed by atoms with Crippen LogP contribution in [0.1, 0.15) is 18.4 Å². The predicted octanol–water partition coefficient (Wildman–Crippen LogP) is 15.2. The van der Waals surface area contributed by atoms with Crippen LogP contribution in [0.3, 0.4) is 0 Å². The molecular formula is C57H40N2. The minimum Gasteiger partial charge on any atom is -0.316 e. The van der Waals surface area contributed by atoms with Gasteiger partial charge in [0.15, 0.2) is 0 Å². The van der Waals surface area contributed by atoms with E-state index in [-0.39, 0.29) is 5.41 Å². The lowest BCUT2D eigenvalue weighted by molar-refractivity contribution is 0.569. The van der Waals surface area contributed by atoms with E-state index in [1.54, 1.807) is 0 Å². The predicted molar refractivity (Wildman–Crippen MR) is 249 cm³/mol. The lowest BCUT2D eigenvalue weighted by atomic mass is 9.65. The van der Waals surface area contributed by atoms with Crippen LogP contribution in [0.25, 0.3) is 49.0 Å². The van der Waals surface area contributed by atoms with Crippen molar-refractivity contribution in [3.8, 4) is 11.1 Å². The van der Waals surface area contributed by atoms with Crippen molar-refractivity contribution >= 4 is 60.6 Å². The Morgan fingerprint density at radius 2 is 1.03 bits per heavy atom. The second-order valence-electron chi connectivity index (χ2n) is 15.9. The fourth-order valence-corrected chi connectivity index (χ4v) is 10.5. The minimum atomic E-state index is -0.191. The van der Waals surface area contributed by atoms with Crippen LogP contribution < -0.4 is 9.80 Å². The molecule has 3 aliphatic carbocycles. The summed E-state index contributed by atoms with van der Waals surface area (Å²) in [6.07, 6.45) is 18.4. The number of hydrogen-bond acceptors (Lipinski definition) is 2. The second kappa shape index (κ2) is 13.3. The average molecular weight is 753 g/mol. The van der Waals surface area contributed by atoms with Crippen LogP contribution in [0.2, 0.25) is 0 Å². The Morgan fingerprint density at radius 1 is 0.475 bits per heavy atom. The third-order valence-corrected chi connectivity index (χ3v) is 12.9. The maximum atomic E-state index is 2.54. The lowest BCUT2D eigenvalue weighted by Crippen LogP contribution is -2.28. The fraction of sp³-hybridized carbons (Fsp3) is 0.0526. The zero-order chi connectivity index (χ0) is 38.9. The number of nitrogens with zero attached hydrogens (tertiary/aromatic N) is 2. The molecule has 1 unspecified atom stereocenters. The minimum absolute atomic E-state index is 0.191. The first-order valence-corrected chi connectivity index (χ1v) is 20.7. The fourth-order valence-electron chi connectivity index (χ4n) is 10.5. The van der Waals surface area contributed by atoms with Crippen LogP contribution >= 0.6 is 0 Å². The summed E-state index contributed by atoms with van der Waals surface area (Å²) in [5.74, 6) is 0. The second-order valence-corrected chi connectivity index (χ2v) is 15.9. The molecular weight excluding hydrogens is 713 g/mol. The van der Waals surface area contributed by atoms with Gasteiger partial charge in [0.05, 0.1) is 11.1 Å². The number of rotatable bonds is 6. The molecule has 4 aliphatic rings. The molecule has 0 bridgehead atoms. The Balaban J connectivity index is 1.07. The molecule has 1 heterocycles. The van der Waals surface area contributed by atoms with Crippen LogP contribution in [0.5, 0.6) is 0 Å². The van der Waals surface area contributed by atoms with E-state index < -0.39 is 0 Å². The van der Waals surface area contributed by atoms with Gasteiger partial charge in [0.25, 0.3) is 0 Å². The molecule has 1 spiro atoms. The van der Waals surface area contributed by atoms with Gasteiger partial charge >= 0.3 is 0 Å². The maximum absolute atomic E-state index is 2.54. The van der Waals surface area contributed by atoms with Gasteiger partial charge in [-0.15, -0.1) is 0 Å². The topological polar surface area (TPSA) is 6.48 Å². The first-order chi connectivity index (χ1) is 29.3. The van der Waals surface area contributed by atoms with E-state index in [0.29, 0.717) is 0 Å². The zero-order valence-corrected chi connectivity index (χ0v) is 32.6. The zero-order valence-electron chi connectivity index (χ0n) is 32.6. The molecule has 0 saturated carbocycles. The molecule has 2 heteroatoms. The molecule has 8 aromatic rings. The Kier molecular flexibility index (Phi) is 7.61. The Labute approximate surface area is 345 Å². The van der Waals surface area contributed by atoms with E-state index >= 15 is 0 Å². The molecule has 12 rings (SSSR count). The summed E-state index contributed by atoms with van der Waals surface area (Å²) >= 11 is 0. The molecule has 8 aromatic carbocycles. The summed E-state index contributed by atoms with van der Waals surface area (Å²) < 4.78 is 0. The van der Waals surface area contributed by atoms with Gasteiger partial charge in [-0.05, 0) is 115 Å². The van der Waals surface area contributed by atoms with Crippen molar-refractivity contribution in [1.29, 1.82) is 0 Å². The molecule has 0 fully saturated rings. The van der Waals surface area contributed by atoms with Crippen LogP contribution in [0.4, 0.5) is 22.7 Å². The highest BCUT2D eigenvalue weighted by atomic mass is 15.2. The Bertz CT molecular complexity index is 3100. The first-order valence-electron chi connectivity index (χ1n) is 20.7. The van der Waals surface area contributed by atoms with Crippen LogP contribution in [-0.2, 0) is 0 Å². The molecule has 59 heavy (non-hydrogen) atoms. The van der Waals surface area contributed by atoms with Crippen LogP contribution in [0, 0.1) is 5.41 Å². The molecule has 2 nitrogen and oxygen atoms in total. The Morgan fingerprint density at radius 3 is 1.68 bits per heavy atom. The number of fused-ring (bicyclic) bond motifs is 3. The highest BCUT2D eigenvalue weighted by Gasteiger charge is 2.51. The molecule has 0 amide bonds. The SMILES string of the molecule is C1=CCC23C=CC=C4C(c5c6ccccc6c(-c6ccc(N(c7ccccc7)c7ccccc7)c7ccccc67)c6ccccc56)=CCC(=C42)N(c2ccccc2)C3=C1. The van der Waals surface area contributed by atoms with E-state index in [4.69, 9.17) is 0 Å². The van der Waals surface area contributed by atoms with Gasteiger partial charge in [-0.25, -0.2) is 0 Å². The average Bonchev–Trinajstić information content (AvgIpc) is 3.61. The largest absolute Gasteiger partial charge is 0.316 e. The smallest absolute Gasteiger partial charge is 0.0599 e. The number of benzene rings is 8. The summed E-state index contributed by atoms with van der Waals surface area (Å²) in [5, 5.41) is 7.53. The van der Waals surface area contributed by atoms with Gasteiger partial charge in [0.2, 0.25) is 0 Å². The highest BCUT2D eigenvalue weighted by Crippen LogP contribution is 2.62. The van der Waals surface area contributed by atoms with Gasteiger partial charge in [0, 0.05) is 40.3 Å². The summed E-state index contributed by atoms with van der Waals surface area (Å²) in [4.78, 5) is 4.92. The van der Waals surface area contributed by atoms with Crippen LogP contribution in [0.15, 0.2) is 241 Å². The molecule has 1 atom stereocenters. The normalized spacial score (nSPS) is 17.8. The summed E-state index contributed by atoms with van der Waals surface area (Å²) in [7, 11) is 0. The van der Waals surface area contributed by atoms with Gasteiger partial charge in [-0.2, -0.15) is 0 Å². The van der Waals surface area contributed by atoms with Crippen molar-refractivity contribution < 1.29 is 0 Å². The van der Waals surface area contributed by atoms with E-state index in [9.17, 15) is 0 Å². The van der Waals surface area contributed by atoms with E-state index in [1.165, 1.54) is 82.8 Å². The van der Waals surface area contributed by atoms with Crippen molar-refractivity contribution in [1.82, 2.24) is 0 Å². The van der Waals surface area contributed by atoms with Crippen molar-refractivity contribution in [2.24, 2.45) is 5.41 Å². The summed E-state index contributed by atoms with van der Waals surface area (Å²) in [5.41, 5.74) is 15.2. The number of anilines is 4. The maximum Gasteiger partial charge on any atom is 0.0599 e. The molecule has 1 aliphatic heterocycles. The van der Waals surface area contributed by atoms with Gasteiger partial charge < -0.3 is 9.80 Å². The van der Waals surface area contributed by atoms with Crippen LogP contribution in [-0.4, -0.2) is 0 Å². The third kappa shape index (κ3) is 5.00. The first kappa shape index (κ1) is 33.7. The number of allylic oxidation sites excluding steroid dienone is 9. The van der Waals surface area contributed by atoms with Crippen molar-refractivity contribution in [3.63, 3.8) is 0 Å². The Hall–Kier alpha value is -7.42. The van der Waals surface area contributed by atoms with Gasteiger partial charge in [0.1, 0.15) is 0 Å². The third-order valence-electron chi connectivity index (χ3n) is 12.9. The standard InChI is InChI=1S/C57H40N2/c1-4-19-39(20-5-1)58(40-21-6-2-7-22-40)51-35-33-48(42-25-10-11-26-43(42)51)54-44-27-12-14-29-46(44)55(47-30-15-13-28-45(47)54)49-34-36-52-56-50(49)31-18-38-57(56)37-17-16-32-53(57)59(52)41-23-8-3-9-24-41/h1-35,38H,36-37H2. The number of hydrogen-bond donors (Lipinski definition) is 0. The van der Waals surface area contributed by atoms with E-state index in [1.807, 2.05) is 0 Å². The quantitative estimate of drug-likeness (QED) is 0.156. The van der Waals surface area contributed by atoms with E-state index in [0.717, 1.165) is 29.9 Å². The molecule has 0 radical (unpaired) electrons. The summed E-state index contributed by atoms with van der Waals surface area (Å²) in [6.45, 7) is 0. The summed E-state index contributed by atoms with van der Waals surface area (Å²) in [6, 6.07) is 64.2.